The molecule has 2 N–H and O–H groups in total. The van der Waals surface area contributed by atoms with Gasteiger partial charge in [-0.3, -0.25) is 0 Å². The molecule has 1 saturated heterocycles. The number of hydrogen-bond acceptors (Lipinski definition) is 3. The molecule has 1 aliphatic heterocycles. The zero-order valence-corrected chi connectivity index (χ0v) is 9.29. The average Bonchev–Trinajstić information content (AvgIpc) is 2.78. The van der Waals surface area contributed by atoms with E-state index in [-0.39, 0.29) is 11.5 Å². The topological polar surface area (TPSA) is 41.5 Å². The Morgan fingerprint density at radius 2 is 2.38 bits per heavy atom. The van der Waals surface area contributed by atoms with Gasteiger partial charge in [-0.05, 0) is 37.4 Å². The summed E-state index contributed by atoms with van der Waals surface area (Å²) in [6.07, 6.45) is 2.88. The minimum Gasteiger partial charge on any atom is -0.505 e. The Morgan fingerprint density at radius 3 is 3.00 bits per heavy atom. The van der Waals surface area contributed by atoms with Gasteiger partial charge in [-0.25, -0.2) is 0 Å². The molecule has 0 bridgehead atoms. The second-order valence-electron chi connectivity index (χ2n) is 4.09. The van der Waals surface area contributed by atoms with Gasteiger partial charge in [-0.1, -0.05) is 6.07 Å². The molecular weight excluding hydrogens is 209 g/mol. The highest BCUT2D eigenvalue weighted by Gasteiger charge is 2.19. The van der Waals surface area contributed by atoms with Gasteiger partial charge in [0.1, 0.15) is 0 Å². The minimum absolute atomic E-state index is 0.0839. The first-order chi connectivity index (χ1) is 7.72. The smallest absolute Gasteiger partial charge is 0.206 e. The van der Waals surface area contributed by atoms with Crippen molar-refractivity contribution < 1.29 is 14.2 Å². The van der Waals surface area contributed by atoms with E-state index in [9.17, 15) is 9.50 Å². The first-order valence-corrected chi connectivity index (χ1v) is 5.50. The normalized spacial score (nSPS) is 20.0. The van der Waals surface area contributed by atoms with E-state index in [4.69, 9.17) is 4.74 Å². The molecule has 1 aliphatic rings. The monoisotopic (exact) mass is 225 g/mol. The first kappa shape index (κ1) is 11.2. The van der Waals surface area contributed by atoms with Crippen LogP contribution >= 0.6 is 0 Å². The van der Waals surface area contributed by atoms with Gasteiger partial charge in [0.25, 0.3) is 0 Å². The zero-order valence-electron chi connectivity index (χ0n) is 9.29. The van der Waals surface area contributed by atoms with Gasteiger partial charge >= 0.3 is 0 Å². The Kier molecular flexibility index (Phi) is 3.29. The minimum atomic E-state index is -0.669. The number of phenols is 1. The van der Waals surface area contributed by atoms with Crippen molar-refractivity contribution in [3.63, 3.8) is 0 Å². The van der Waals surface area contributed by atoms with Gasteiger partial charge in [-0.2, -0.15) is 4.39 Å². The zero-order chi connectivity index (χ0) is 11.5. The van der Waals surface area contributed by atoms with E-state index < -0.39 is 5.82 Å². The van der Waals surface area contributed by atoms with Crippen LogP contribution in [0.4, 0.5) is 4.39 Å². The summed E-state index contributed by atoms with van der Waals surface area (Å²) in [5, 5.41) is 13.0. The fourth-order valence-electron chi connectivity index (χ4n) is 2.10. The molecule has 1 unspecified atom stereocenters. The van der Waals surface area contributed by atoms with Crippen molar-refractivity contribution in [2.24, 2.45) is 0 Å². The Labute approximate surface area is 94.2 Å². The Balaban J connectivity index is 2.18. The van der Waals surface area contributed by atoms with Crippen LogP contribution in [0.3, 0.4) is 0 Å². The van der Waals surface area contributed by atoms with Crippen LogP contribution < -0.4 is 10.1 Å². The molecule has 1 fully saturated rings. The third kappa shape index (κ3) is 2.11. The molecule has 1 aromatic rings. The number of ether oxygens (including phenoxy) is 1. The molecule has 0 amide bonds. The molecule has 0 radical (unpaired) electrons. The van der Waals surface area contributed by atoms with Crippen LogP contribution in [0, 0.1) is 5.82 Å². The first-order valence-electron chi connectivity index (χ1n) is 5.50. The highest BCUT2D eigenvalue weighted by molar-refractivity contribution is 5.42. The standard InChI is InChI=1S/C12H16FNO2/c1-16-10-5-4-8(12(15)11(10)13)7-9-3-2-6-14-9/h4-5,9,14-15H,2-3,6-7H2,1H3. The largest absolute Gasteiger partial charge is 0.505 e. The van der Waals surface area contributed by atoms with Crippen molar-refractivity contribution in [3.8, 4) is 11.5 Å². The number of rotatable bonds is 3. The van der Waals surface area contributed by atoms with E-state index in [2.05, 4.69) is 5.32 Å². The van der Waals surface area contributed by atoms with Crippen LogP contribution in [0.25, 0.3) is 0 Å². The van der Waals surface area contributed by atoms with Crippen LogP contribution in [0.1, 0.15) is 18.4 Å². The highest BCUT2D eigenvalue weighted by Crippen LogP contribution is 2.30. The van der Waals surface area contributed by atoms with Gasteiger partial charge in [0.15, 0.2) is 11.5 Å². The second kappa shape index (κ2) is 4.70. The number of benzene rings is 1. The second-order valence-corrected chi connectivity index (χ2v) is 4.09. The van der Waals surface area contributed by atoms with E-state index in [0.717, 1.165) is 19.4 Å². The van der Waals surface area contributed by atoms with E-state index in [1.54, 1.807) is 12.1 Å². The summed E-state index contributed by atoms with van der Waals surface area (Å²) < 4.78 is 18.3. The van der Waals surface area contributed by atoms with Crippen LogP contribution in [-0.4, -0.2) is 24.8 Å². The van der Waals surface area contributed by atoms with Crippen molar-refractivity contribution in [2.75, 3.05) is 13.7 Å². The molecule has 16 heavy (non-hydrogen) atoms. The Hall–Kier alpha value is -1.29. The lowest BCUT2D eigenvalue weighted by Crippen LogP contribution is -2.23. The summed E-state index contributed by atoms with van der Waals surface area (Å²) in [4.78, 5) is 0. The van der Waals surface area contributed by atoms with Crippen molar-refractivity contribution in [3.05, 3.63) is 23.5 Å². The van der Waals surface area contributed by atoms with Crippen molar-refractivity contribution in [2.45, 2.75) is 25.3 Å². The predicted octanol–water partition coefficient (Wildman–Crippen LogP) is 1.83. The molecule has 3 nitrogen and oxygen atoms in total. The summed E-state index contributed by atoms with van der Waals surface area (Å²) in [7, 11) is 1.38. The maximum Gasteiger partial charge on any atom is 0.206 e. The van der Waals surface area contributed by atoms with Crippen molar-refractivity contribution in [1.29, 1.82) is 0 Å². The molecule has 1 atom stereocenters. The van der Waals surface area contributed by atoms with Gasteiger partial charge in [0.2, 0.25) is 5.82 Å². The summed E-state index contributed by atoms with van der Waals surface area (Å²) in [6, 6.07) is 3.62. The maximum absolute atomic E-state index is 13.5. The molecule has 0 spiro atoms. The molecule has 0 aliphatic carbocycles. The van der Waals surface area contributed by atoms with Gasteiger partial charge < -0.3 is 15.2 Å². The number of hydrogen-bond donors (Lipinski definition) is 2. The summed E-state index contributed by atoms with van der Waals surface area (Å²) in [5.74, 6) is -0.869. The summed E-state index contributed by atoms with van der Waals surface area (Å²) >= 11 is 0. The lowest BCUT2D eigenvalue weighted by molar-refractivity contribution is 0.361. The number of aromatic hydroxyl groups is 1. The molecule has 0 aromatic heterocycles. The summed E-state index contributed by atoms with van der Waals surface area (Å²) in [5.41, 5.74) is 0.637. The van der Waals surface area contributed by atoms with E-state index in [1.165, 1.54) is 7.11 Å². The van der Waals surface area contributed by atoms with E-state index in [0.29, 0.717) is 18.0 Å². The van der Waals surface area contributed by atoms with Crippen molar-refractivity contribution in [1.82, 2.24) is 5.32 Å². The number of halogens is 1. The van der Waals surface area contributed by atoms with Crippen LogP contribution in [0.2, 0.25) is 0 Å². The number of phenolic OH excluding ortho intramolecular Hbond substituents is 1. The van der Waals surface area contributed by atoms with Gasteiger partial charge in [-0.15, -0.1) is 0 Å². The fourth-order valence-corrected chi connectivity index (χ4v) is 2.10. The molecule has 88 valence electrons. The Bertz CT molecular complexity index is 376. The maximum atomic E-state index is 13.5. The Morgan fingerprint density at radius 1 is 1.56 bits per heavy atom. The molecule has 1 aromatic carbocycles. The third-order valence-electron chi connectivity index (χ3n) is 3.01. The molecule has 0 saturated carbocycles. The fraction of sp³-hybridized carbons (Fsp3) is 0.500. The lowest BCUT2D eigenvalue weighted by atomic mass is 10.0. The quantitative estimate of drug-likeness (QED) is 0.824. The third-order valence-corrected chi connectivity index (χ3v) is 3.01. The number of methoxy groups -OCH3 is 1. The van der Waals surface area contributed by atoms with Crippen LogP contribution in [0.15, 0.2) is 12.1 Å². The van der Waals surface area contributed by atoms with E-state index >= 15 is 0 Å². The predicted molar refractivity (Wildman–Crippen MR) is 59.3 cm³/mol. The summed E-state index contributed by atoms with van der Waals surface area (Å²) in [6.45, 7) is 1.00. The van der Waals surface area contributed by atoms with Crippen LogP contribution in [-0.2, 0) is 6.42 Å². The van der Waals surface area contributed by atoms with Gasteiger partial charge in [0.05, 0.1) is 7.11 Å². The highest BCUT2D eigenvalue weighted by atomic mass is 19.1. The molecule has 1 heterocycles. The lowest BCUT2D eigenvalue weighted by Gasteiger charge is -2.13. The van der Waals surface area contributed by atoms with Crippen molar-refractivity contribution >= 4 is 0 Å². The molecule has 4 heteroatoms. The molecular formula is C12H16FNO2. The average molecular weight is 225 g/mol. The van der Waals surface area contributed by atoms with Crippen LogP contribution in [0.5, 0.6) is 11.5 Å². The molecule has 2 rings (SSSR count). The van der Waals surface area contributed by atoms with E-state index in [1.807, 2.05) is 0 Å². The number of nitrogens with one attached hydrogen (secondary N) is 1. The SMILES string of the molecule is COc1ccc(CC2CCCN2)c(O)c1F. The van der Waals surface area contributed by atoms with Gasteiger partial charge in [0, 0.05) is 6.04 Å².